The summed E-state index contributed by atoms with van der Waals surface area (Å²) in [6.07, 6.45) is 0. The van der Waals surface area contributed by atoms with E-state index in [9.17, 15) is 4.79 Å². The monoisotopic (exact) mass is 354 g/mol. The van der Waals surface area contributed by atoms with Gasteiger partial charge in [-0.15, -0.1) is 0 Å². The molecule has 1 saturated heterocycles. The van der Waals surface area contributed by atoms with Crippen LogP contribution in [0.5, 0.6) is 5.75 Å². The first-order valence-corrected chi connectivity index (χ1v) is 9.22. The number of hydrogen-bond acceptors (Lipinski definition) is 3. The highest BCUT2D eigenvalue weighted by atomic mass is 16.5. The van der Waals surface area contributed by atoms with Crippen LogP contribution in [0.4, 0.5) is 5.69 Å². The van der Waals surface area contributed by atoms with Crippen LogP contribution in [0.15, 0.2) is 54.6 Å². The van der Waals surface area contributed by atoms with Crippen molar-refractivity contribution in [1.82, 2.24) is 5.32 Å². The Kier molecular flexibility index (Phi) is 6.12. The molecule has 1 amide bonds. The van der Waals surface area contributed by atoms with Crippen LogP contribution in [-0.2, 0) is 4.79 Å². The molecule has 0 aromatic heterocycles. The largest absolute Gasteiger partial charge is 0.497 e. The lowest BCUT2D eigenvalue weighted by Gasteiger charge is -2.33. The van der Waals surface area contributed by atoms with Gasteiger partial charge in [-0.2, -0.15) is 0 Å². The summed E-state index contributed by atoms with van der Waals surface area (Å²) in [6, 6.07) is 18.3. The van der Waals surface area contributed by atoms with Crippen LogP contribution in [0.1, 0.15) is 18.5 Å². The molecule has 2 N–H and O–H groups in total. The number of nitrogens with zero attached hydrogens (tertiary/aromatic N) is 1. The second kappa shape index (κ2) is 8.72. The third-order valence-corrected chi connectivity index (χ3v) is 4.98. The molecule has 1 atom stereocenters. The predicted octanol–water partition coefficient (Wildman–Crippen LogP) is 1.28. The van der Waals surface area contributed by atoms with Crippen LogP contribution in [0.2, 0.25) is 0 Å². The van der Waals surface area contributed by atoms with Crippen LogP contribution >= 0.6 is 0 Å². The van der Waals surface area contributed by atoms with E-state index in [1.807, 2.05) is 49.4 Å². The summed E-state index contributed by atoms with van der Waals surface area (Å²) >= 11 is 0. The molecule has 138 valence electrons. The number of quaternary nitrogens is 1. The first-order valence-electron chi connectivity index (χ1n) is 9.22. The average Bonchev–Trinajstić information content (AvgIpc) is 2.69. The number of amides is 1. The lowest BCUT2D eigenvalue weighted by atomic mass is 10.1. The maximum absolute atomic E-state index is 12.4. The highest BCUT2D eigenvalue weighted by Gasteiger charge is 2.23. The van der Waals surface area contributed by atoms with E-state index in [4.69, 9.17) is 4.74 Å². The van der Waals surface area contributed by atoms with Crippen molar-refractivity contribution in [3.63, 3.8) is 0 Å². The number of anilines is 1. The first kappa shape index (κ1) is 18.3. The van der Waals surface area contributed by atoms with Gasteiger partial charge in [0.1, 0.15) is 5.75 Å². The van der Waals surface area contributed by atoms with Crippen molar-refractivity contribution in [2.75, 3.05) is 44.7 Å². The first-order chi connectivity index (χ1) is 12.7. The minimum absolute atomic E-state index is 0.0428. The van der Waals surface area contributed by atoms with Gasteiger partial charge in [0, 0.05) is 11.8 Å². The second-order valence-corrected chi connectivity index (χ2v) is 6.82. The molecule has 0 aliphatic carbocycles. The zero-order chi connectivity index (χ0) is 18.4. The Morgan fingerprint density at radius 3 is 2.58 bits per heavy atom. The Morgan fingerprint density at radius 1 is 1.15 bits per heavy atom. The molecule has 0 spiro atoms. The Balaban J connectivity index is 1.47. The summed E-state index contributed by atoms with van der Waals surface area (Å²) in [4.78, 5) is 16.1. The molecule has 1 heterocycles. The lowest BCUT2D eigenvalue weighted by molar-refractivity contribution is -0.892. The molecule has 1 aliphatic heterocycles. The fourth-order valence-corrected chi connectivity index (χ4v) is 3.41. The normalized spacial score (nSPS) is 16.2. The van der Waals surface area contributed by atoms with E-state index in [0.717, 1.165) is 37.5 Å². The van der Waals surface area contributed by atoms with Gasteiger partial charge in [-0.25, -0.2) is 0 Å². The molecule has 0 bridgehead atoms. The maximum Gasteiger partial charge on any atom is 0.275 e. The van der Waals surface area contributed by atoms with Crippen LogP contribution in [0, 0.1) is 0 Å². The van der Waals surface area contributed by atoms with Crippen molar-refractivity contribution < 1.29 is 14.4 Å². The Bertz CT molecular complexity index is 712. The zero-order valence-electron chi connectivity index (χ0n) is 15.6. The smallest absolute Gasteiger partial charge is 0.275 e. The molecule has 0 unspecified atom stereocenters. The molecule has 2 aromatic carbocycles. The van der Waals surface area contributed by atoms with Gasteiger partial charge in [0.05, 0.1) is 39.3 Å². The van der Waals surface area contributed by atoms with Crippen molar-refractivity contribution >= 4 is 11.6 Å². The average molecular weight is 354 g/mol. The van der Waals surface area contributed by atoms with Crippen molar-refractivity contribution in [2.45, 2.75) is 13.0 Å². The number of nitrogens with one attached hydrogen (secondary N) is 2. The molecule has 3 rings (SSSR count). The number of rotatable bonds is 6. The number of carbonyl (C=O) groups excluding carboxylic acids is 1. The van der Waals surface area contributed by atoms with E-state index in [0.29, 0.717) is 6.54 Å². The fourth-order valence-electron chi connectivity index (χ4n) is 3.41. The second-order valence-electron chi connectivity index (χ2n) is 6.82. The maximum atomic E-state index is 12.4. The number of benzene rings is 2. The summed E-state index contributed by atoms with van der Waals surface area (Å²) in [5, 5.41) is 3.11. The molecule has 5 nitrogen and oxygen atoms in total. The Morgan fingerprint density at radius 2 is 1.88 bits per heavy atom. The number of piperazine rings is 1. The molecule has 0 radical (unpaired) electrons. The third kappa shape index (κ3) is 4.76. The summed E-state index contributed by atoms with van der Waals surface area (Å²) < 4.78 is 5.31. The Hall–Kier alpha value is -2.53. The van der Waals surface area contributed by atoms with Crippen LogP contribution in [0.3, 0.4) is 0 Å². The van der Waals surface area contributed by atoms with Crippen molar-refractivity contribution in [1.29, 1.82) is 0 Å². The van der Waals surface area contributed by atoms with Gasteiger partial charge < -0.3 is 19.9 Å². The highest BCUT2D eigenvalue weighted by Crippen LogP contribution is 2.20. The number of hydrogen-bond donors (Lipinski definition) is 2. The van der Waals surface area contributed by atoms with E-state index in [2.05, 4.69) is 22.3 Å². The van der Waals surface area contributed by atoms with Crippen LogP contribution in [-0.4, -0.2) is 45.7 Å². The van der Waals surface area contributed by atoms with E-state index in [1.54, 1.807) is 7.11 Å². The number of ether oxygens (including phenoxy) is 1. The molecule has 5 heteroatoms. The summed E-state index contributed by atoms with van der Waals surface area (Å²) in [6.45, 7) is 6.38. The minimum Gasteiger partial charge on any atom is -0.497 e. The van der Waals surface area contributed by atoms with Gasteiger partial charge in [-0.3, -0.25) is 4.79 Å². The van der Waals surface area contributed by atoms with Crippen LogP contribution in [0.25, 0.3) is 0 Å². The summed E-state index contributed by atoms with van der Waals surface area (Å²) in [5.74, 6) is 0.998. The van der Waals surface area contributed by atoms with Crippen molar-refractivity contribution in [3.8, 4) is 5.75 Å². The van der Waals surface area contributed by atoms with Gasteiger partial charge in [0.15, 0.2) is 6.54 Å². The van der Waals surface area contributed by atoms with Gasteiger partial charge in [0.2, 0.25) is 0 Å². The van der Waals surface area contributed by atoms with Crippen molar-refractivity contribution in [3.05, 3.63) is 60.2 Å². The Labute approximate surface area is 155 Å². The van der Waals surface area contributed by atoms with E-state index < -0.39 is 0 Å². The molecule has 2 aromatic rings. The number of carbonyl (C=O) groups is 1. The van der Waals surface area contributed by atoms with Crippen LogP contribution < -0.4 is 19.9 Å². The minimum atomic E-state index is 0.0428. The lowest BCUT2D eigenvalue weighted by Crippen LogP contribution is -3.15. The highest BCUT2D eigenvalue weighted by molar-refractivity contribution is 5.77. The predicted molar refractivity (Wildman–Crippen MR) is 104 cm³/mol. The van der Waals surface area contributed by atoms with Gasteiger partial charge in [-0.1, -0.05) is 36.4 Å². The molecular weight excluding hydrogens is 326 g/mol. The topological polar surface area (TPSA) is 46.0 Å². The molecule has 1 aliphatic rings. The van der Waals surface area contributed by atoms with Gasteiger partial charge >= 0.3 is 0 Å². The summed E-state index contributed by atoms with van der Waals surface area (Å²) in [7, 11) is 1.69. The molecular formula is C21H28N3O2+. The molecule has 26 heavy (non-hydrogen) atoms. The fraction of sp³-hybridized carbons (Fsp3) is 0.381. The quantitative estimate of drug-likeness (QED) is 0.821. The standard InChI is InChI=1S/C21H27N3O2/c1-17(18-7-4-3-5-8-18)22-21(25)16-23-11-13-24(14-12-23)19-9-6-10-20(15-19)26-2/h3-10,15,17H,11-14,16H2,1-2H3,(H,22,25)/p+1/t17-/m0/s1. The molecule has 0 saturated carbocycles. The van der Waals surface area contributed by atoms with Gasteiger partial charge in [0.25, 0.3) is 5.91 Å². The zero-order valence-corrected chi connectivity index (χ0v) is 15.6. The third-order valence-electron chi connectivity index (χ3n) is 4.98. The van der Waals surface area contributed by atoms with E-state index in [1.165, 1.54) is 10.6 Å². The SMILES string of the molecule is COc1cccc(N2CC[NH+](CC(=O)N[C@@H](C)c3ccccc3)CC2)c1. The van der Waals surface area contributed by atoms with Crippen molar-refractivity contribution in [2.24, 2.45) is 0 Å². The van der Waals surface area contributed by atoms with E-state index >= 15 is 0 Å². The van der Waals surface area contributed by atoms with E-state index in [-0.39, 0.29) is 11.9 Å². The molecule has 1 fully saturated rings. The number of methoxy groups -OCH3 is 1. The van der Waals surface area contributed by atoms with Gasteiger partial charge in [-0.05, 0) is 24.6 Å². The summed E-state index contributed by atoms with van der Waals surface area (Å²) in [5.41, 5.74) is 2.32.